The Bertz CT molecular complexity index is 1380. The van der Waals surface area contributed by atoms with E-state index < -0.39 is 5.54 Å². The molecule has 1 spiro atoms. The van der Waals surface area contributed by atoms with E-state index in [2.05, 4.69) is 41.4 Å². The molecule has 0 saturated carbocycles. The smallest absolute Gasteiger partial charge is 0.256 e. The number of ether oxygens (including phenoxy) is 2. The largest absolute Gasteiger partial charge is 0.381 e. The molecular weight excluding hydrogens is 504 g/mol. The van der Waals surface area contributed by atoms with Crippen molar-refractivity contribution in [3.63, 3.8) is 0 Å². The Kier molecular flexibility index (Phi) is 7.63. The lowest BCUT2D eigenvalue weighted by Crippen LogP contribution is -2.44. The zero-order valence-corrected chi connectivity index (χ0v) is 23.1. The number of amides is 2. The number of carbonyl (C=O) groups is 2. The normalized spacial score (nSPS) is 22.0. The fourth-order valence-corrected chi connectivity index (χ4v) is 6.00. The highest BCUT2D eigenvalue weighted by Gasteiger charge is 2.47. The minimum absolute atomic E-state index is 0.0791. The molecular formula is C32H36N4O4. The number of fused-ring (bicyclic) bond motifs is 1. The first kappa shape index (κ1) is 26.6. The van der Waals surface area contributed by atoms with Crippen LogP contribution in [0, 0.1) is 0 Å². The number of aliphatic imine (C=N–C) groups is 1. The molecule has 0 unspecified atom stereocenters. The van der Waals surface area contributed by atoms with Gasteiger partial charge in [0.15, 0.2) is 0 Å². The SMILES string of the molecule is CN1C(=O)C2(CCOCC2)N=C1c1ccc(-c2ccc3cccnc3c2)cc1.O=C([C@H]1CCCO1)N1CCCC1. The van der Waals surface area contributed by atoms with Crippen molar-refractivity contribution < 1.29 is 19.1 Å². The molecule has 5 heterocycles. The van der Waals surface area contributed by atoms with Crippen molar-refractivity contribution in [1.29, 1.82) is 0 Å². The van der Waals surface area contributed by atoms with Gasteiger partial charge in [-0.05, 0) is 48.9 Å². The van der Waals surface area contributed by atoms with Gasteiger partial charge in [0.2, 0.25) is 0 Å². The van der Waals surface area contributed by atoms with Crippen LogP contribution in [0.5, 0.6) is 0 Å². The standard InChI is InChI=1S/C23H21N3O2.C9H15NO2/c1-26-21(25-23(22(26)27)10-13-28-14-11-23)18-7-4-16(5-8-18)19-9-6-17-3-2-12-24-20(17)15-19;11-9(8-4-3-7-12-8)10-5-1-2-6-10/h2-9,12,15H,10-11,13-14H2,1H3;8H,1-7H2/t;8-/m.1/s1. The number of pyridine rings is 1. The molecule has 3 fully saturated rings. The lowest BCUT2D eigenvalue weighted by atomic mass is 9.90. The van der Waals surface area contributed by atoms with Crippen molar-refractivity contribution in [2.24, 2.45) is 4.99 Å². The predicted molar refractivity (Wildman–Crippen MR) is 154 cm³/mol. The highest BCUT2D eigenvalue weighted by molar-refractivity contribution is 6.15. The summed E-state index contributed by atoms with van der Waals surface area (Å²) >= 11 is 0. The van der Waals surface area contributed by atoms with Gasteiger partial charge in [0.25, 0.3) is 11.8 Å². The number of likely N-dealkylation sites (N-methyl/N-ethyl adjacent to an activating group) is 1. The lowest BCUT2D eigenvalue weighted by Gasteiger charge is -2.28. The first-order valence-electron chi connectivity index (χ1n) is 14.4. The van der Waals surface area contributed by atoms with Gasteiger partial charge in [-0.25, -0.2) is 0 Å². The Morgan fingerprint density at radius 3 is 2.38 bits per heavy atom. The molecule has 40 heavy (non-hydrogen) atoms. The fourth-order valence-electron chi connectivity index (χ4n) is 6.00. The summed E-state index contributed by atoms with van der Waals surface area (Å²) in [5.41, 5.74) is 3.55. The summed E-state index contributed by atoms with van der Waals surface area (Å²) in [7, 11) is 1.81. The van der Waals surface area contributed by atoms with Gasteiger partial charge in [0, 0.05) is 69.9 Å². The summed E-state index contributed by atoms with van der Waals surface area (Å²) in [6.45, 7) is 3.83. The molecule has 3 aromatic rings. The Balaban J connectivity index is 0.000000201. The van der Waals surface area contributed by atoms with Gasteiger partial charge in [-0.15, -0.1) is 0 Å². The van der Waals surface area contributed by atoms with Gasteiger partial charge in [0.05, 0.1) is 5.52 Å². The third kappa shape index (κ3) is 5.25. The molecule has 208 valence electrons. The number of hydrogen-bond acceptors (Lipinski definition) is 6. The Labute approximate surface area is 235 Å². The van der Waals surface area contributed by atoms with Crippen LogP contribution in [-0.4, -0.2) is 84.0 Å². The van der Waals surface area contributed by atoms with Gasteiger partial charge in [-0.2, -0.15) is 0 Å². The van der Waals surface area contributed by atoms with E-state index >= 15 is 0 Å². The maximum atomic E-state index is 12.8. The second kappa shape index (κ2) is 11.5. The molecule has 0 N–H and O–H groups in total. The maximum absolute atomic E-state index is 12.8. The third-order valence-electron chi connectivity index (χ3n) is 8.37. The van der Waals surface area contributed by atoms with Crippen LogP contribution in [-0.2, 0) is 19.1 Å². The number of benzene rings is 2. The van der Waals surface area contributed by atoms with Crippen molar-refractivity contribution in [2.75, 3.05) is 40.0 Å². The number of amidine groups is 1. The molecule has 2 aromatic carbocycles. The average Bonchev–Trinajstić information content (AvgIpc) is 3.78. The zero-order valence-electron chi connectivity index (χ0n) is 23.1. The van der Waals surface area contributed by atoms with E-state index in [9.17, 15) is 9.59 Å². The van der Waals surface area contributed by atoms with Crippen molar-refractivity contribution in [2.45, 2.75) is 50.2 Å². The number of rotatable bonds is 3. The van der Waals surface area contributed by atoms with E-state index in [1.807, 2.05) is 36.3 Å². The predicted octanol–water partition coefficient (Wildman–Crippen LogP) is 4.46. The second-order valence-corrected chi connectivity index (χ2v) is 11.0. The molecule has 0 bridgehead atoms. The van der Waals surface area contributed by atoms with Crippen LogP contribution in [0.25, 0.3) is 22.0 Å². The second-order valence-electron chi connectivity index (χ2n) is 11.0. The van der Waals surface area contributed by atoms with Crippen molar-refractivity contribution in [1.82, 2.24) is 14.8 Å². The molecule has 4 aliphatic heterocycles. The molecule has 4 aliphatic rings. The molecule has 3 saturated heterocycles. The molecule has 2 amide bonds. The van der Waals surface area contributed by atoms with Gasteiger partial charge in [0.1, 0.15) is 17.5 Å². The van der Waals surface area contributed by atoms with Crippen LogP contribution < -0.4 is 0 Å². The van der Waals surface area contributed by atoms with E-state index in [0.717, 1.165) is 66.0 Å². The number of aromatic nitrogens is 1. The number of nitrogens with zero attached hydrogens (tertiary/aromatic N) is 4. The van der Waals surface area contributed by atoms with Crippen LogP contribution in [0.15, 0.2) is 65.8 Å². The van der Waals surface area contributed by atoms with E-state index in [-0.39, 0.29) is 17.9 Å². The first-order valence-corrected chi connectivity index (χ1v) is 14.4. The van der Waals surface area contributed by atoms with Gasteiger partial charge >= 0.3 is 0 Å². The molecule has 7 rings (SSSR count). The maximum Gasteiger partial charge on any atom is 0.256 e. The highest BCUT2D eigenvalue weighted by Crippen LogP contribution is 2.34. The first-order chi connectivity index (χ1) is 19.5. The minimum atomic E-state index is -0.634. The Morgan fingerprint density at radius 1 is 0.925 bits per heavy atom. The van der Waals surface area contributed by atoms with E-state index in [4.69, 9.17) is 14.5 Å². The van der Waals surface area contributed by atoms with Crippen molar-refractivity contribution in [3.05, 3.63) is 66.4 Å². The summed E-state index contributed by atoms with van der Waals surface area (Å²) in [5, 5.41) is 1.13. The van der Waals surface area contributed by atoms with Crippen LogP contribution in [0.3, 0.4) is 0 Å². The summed E-state index contributed by atoms with van der Waals surface area (Å²) in [5.74, 6) is 1.05. The van der Waals surface area contributed by atoms with Gasteiger partial charge < -0.3 is 14.4 Å². The molecule has 8 heteroatoms. The number of carbonyl (C=O) groups excluding carboxylic acids is 2. The Hall–Kier alpha value is -3.62. The number of hydrogen-bond donors (Lipinski definition) is 0. The number of likely N-dealkylation sites (tertiary alicyclic amines) is 1. The quantitative estimate of drug-likeness (QED) is 0.490. The van der Waals surface area contributed by atoms with E-state index in [1.165, 1.54) is 12.8 Å². The van der Waals surface area contributed by atoms with Gasteiger partial charge in [-0.3, -0.25) is 24.5 Å². The molecule has 8 nitrogen and oxygen atoms in total. The van der Waals surface area contributed by atoms with Crippen molar-refractivity contribution >= 4 is 28.6 Å². The van der Waals surface area contributed by atoms with E-state index in [1.54, 1.807) is 4.90 Å². The molecule has 1 atom stereocenters. The van der Waals surface area contributed by atoms with Crippen LogP contribution >= 0.6 is 0 Å². The lowest BCUT2D eigenvalue weighted by molar-refractivity contribution is -0.139. The Morgan fingerprint density at radius 2 is 1.65 bits per heavy atom. The summed E-state index contributed by atoms with van der Waals surface area (Å²) in [6, 6.07) is 18.5. The van der Waals surface area contributed by atoms with E-state index in [0.29, 0.717) is 26.1 Å². The van der Waals surface area contributed by atoms with Crippen LogP contribution in [0.4, 0.5) is 0 Å². The topological polar surface area (TPSA) is 84.3 Å². The molecule has 0 radical (unpaired) electrons. The minimum Gasteiger partial charge on any atom is -0.381 e. The van der Waals surface area contributed by atoms with Gasteiger partial charge in [-0.1, -0.05) is 42.5 Å². The third-order valence-corrected chi connectivity index (χ3v) is 8.37. The fraction of sp³-hybridized carbons (Fsp3) is 0.438. The highest BCUT2D eigenvalue weighted by atomic mass is 16.5. The summed E-state index contributed by atoms with van der Waals surface area (Å²) in [4.78, 5) is 37.4. The molecule has 1 aromatic heterocycles. The van der Waals surface area contributed by atoms with Crippen LogP contribution in [0.1, 0.15) is 44.1 Å². The average molecular weight is 541 g/mol. The zero-order chi connectivity index (χ0) is 27.5. The monoisotopic (exact) mass is 540 g/mol. The summed E-state index contributed by atoms with van der Waals surface area (Å²) < 4.78 is 10.8. The van der Waals surface area contributed by atoms with Crippen LogP contribution in [0.2, 0.25) is 0 Å². The summed E-state index contributed by atoms with van der Waals surface area (Å²) in [6.07, 6.45) is 7.31. The van der Waals surface area contributed by atoms with Crippen molar-refractivity contribution in [3.8, 4) is 11.1 Å². The molecule has 0 aliphatic carbocycles.